The van der Waals surface area contributed by atoms with Crippen molar-refractivity contribution in [1.29, 1.82) is 0 Å². The minimum Gasteiger partial charge on any atom is -0.428 e. The predicted octanol–water partition coefficient (Wildman–Crippen LogP) is 6.56. The van der Waals surface area contributed by atoms with Crippen LogP contribution in [-0.2, 0) is 11.2 Å². The Hall–Kier alpha value is -1.51. The van der Waals surface area contributed by atoms with Gasteiger partial charge in [-0.2, -0.15) is 0 Å². The van der Waals surface area contributed by atoms with E-state index in [1.54, 1.807) is 0 Å². The van der Waals surface area contributed by atoms with Gasteiger partial charge >= 0.3 is 6.16 Å². The fourth-order valence-electron chi connectivity index (χ4n) is 1.80. The van der Waals surface area contributed by atoms with Crippen molar-refractivity contribution in [2.24, 2.45) is 11.8 Å². The van der Waals surface area contributed by atoms with Gasteiger partial charge in [-0.1, -0.05) is 46.8 Å². The number of hydrogen-bond donors (Lipinski definition) is 0. The van der Waals surface area contributed by atoms with Gasteiger partial charge in [-0.3, -0.25) is 0 Å². The molecular formula is C21H36O3. The van der Waals surface area contributed by atoms with E-state index >= 15 is 0 Å². The molecule has 138 valence electrons. The highest BCUT2D eigenvalue weighted by Gasteiger charge is 2.18. The number of rotatable bonds is 4. The summed E-state index contributed by atoms with van der Waals surface area (Å²) in [6.45, 7) is 18.3. The van der Waals surface area contributed by atoms with Crippen LogP contribution < -0.4 is 4.74 Å². The van der Waals surface area contributed by atoms with Crippen LogP contribution in [0, 0.1) is 18.8 Å². The molecule has 0 saturated carbocycles. The van der Waals surface area contributed by atoms with Crippen LogP contribution in [0.3, 0.4) is 0 Å². The quantitative estimate of drug-likeness (QED) is 0.461. The molecule has 0 spiro atoms. The Morgan fingerprint density at radius 3 is 2.04 bits per heavy atom. The zero-order valence-corrected chi connectivity index (χ0v) is 17.0. The Morgan fingerprint density at radius 1 is 1.08 bits per heavy atom. The van der Waals surface area contributed by atoms with Crippen LogP contribution in [0.5, 0.6) is 5.75 Å². The number of carbonyl (C=O) groups is 1. The summed E-state index contributed by atoms with van der Waals surface area (Å²) in [4.78, 5) is 11.6. The molecule has 1 aromatic carbocycles. The Bertz CT molecular complexity index is 494. The number of aryl methyl sites for hydroxylation is 2. The van der Waals surface area contributed by atoms with Crippen LogP contribution in [0.4, 0.5) is 4.79 Å². The van der Waals surface area contributed by atoms with E-state index in [0.29, 0.717) is 11.7 Å². The Kier molecular flexibility index (Phi) is 9.72. The fraction of sp³-hybridized carbons (Fsp3) is 0.667. The van der Waals surface area contributed by atoms with Crippen LogP contribution in [0.1, 0.15) is 72.9 Å². The Balaban J connectivity index is 0.00000118. The second kappa shape index (κ2) is 10.4. The Labute approximate surface area is 148 Å². The lowest BCUT2D eigenvalue weighted by Gasteiger charge is -2.19. The molecular weight excluding hydrogens is 300 g/mol. The summed E-state index contributed by atoms with van der Waals surface area (Å²) in [5.41, 5.74) is 1.69. The molecule has 0 N–H and O–H groups in total. The molecule has 0 atom stereocenters. The van der Waals surface area contributed by atoms with Crippen molar-refractivity contribution in [3.8, 4) is 5.75 Å². The molecule has 0 bridgehead atoms. The molecule has 3 heteroatoms. The highest BCUT2D eigenvalue weighted by Crippen LogP contribution is 2.22. The first-order chi connectivity index (χ1) is 10.9. The van der Waals surface area contributed by atoms with Crippen LogP contribution in [0.15, 0.2) is 18.2 Å². The lowest BCUT2D eigenvalue weighted by Crippen LogP contribution is -2.26. The lowest BCUT2D eigenvalue weighted by molar-refractivity contribution is 0.0205. The summed E-state index contributed by atoms with van der Waals surface area (Å²) >= 11 is 0. The van der Waals surface area contributed by atoms with Gasteiger partial charge in [0.15, 0.2) is 0 Å². The van der Waals surface area contributed by atoms with Gasteiger partial charge in [-0.25, -0.2) is 4.79 Å². The van der Waals surface area contributed by atoms with E-state index in [9.17, 15) is 4.79 Å². The molecule has 0 amide bonds. The van der Waals surface area contributed by atoms with Gasteiger partial charge in [0.2, 0.25) is 0 Å². The molecule has 0 aliphatic carbocycles. The number of benzene rings is 1. The van der Waals surface area contributed by atoms with Gasteiger partial charge in [-0.05, 0) is 69.6 Å². The monoisotopic (exact) mass is 336 g/mol. The topological polar surface area (TPSA) is 35.5 Å². The maximum atomic E-state index is 11.6. The van der Waals surface area contributed by atoms with Crippen molar-refractivity contribution in [1.82, 2.24) is 0 Å². The minimum atomic E-state index is -0.657. The zero-order chi connectivity index (χ0) is 18.9. The van der Waals surface area contributed by atoms with Crippen molar-refractivity contribution >= 4 is 6.16 Å². The third-order valence-corrected chi connectivity index (χ3v) is 2.83. The third-order valence-electron chi connectivity index (χ3n) is 2.83. The fourth-order valence-corrected chi connectivity index (χ4v) is 1.80. The molecule has 3 nitrogen and oxygen atoms in total. The van der Waals surface area contributed by atoms with Crippen molar-refractivity contribution in [2.75, 3.05) is 0 Å². The van der Waals surface area contributed by atoms with Crippen molar-refractivity contribution < 1.29 is 14.3 Å². The smallest absolute Gasteiger partial charge is 0.428 e. The maximum Gasteiger partial charge on any atom is 0.514 e. The summed E-state index contributed by atoms with van der Waals surface area (Å²) in [6.07, 6.45) is 1.55. The summed E-state index contributed by atoms with van der Waals surface area (Å²) in [5.74, 6) is 2.08. The van der Waals surface area contributed by atoms with Crippen LogP contribution in [0.25, 0.3) is 0 Å². The van der Waals surface area contributed by atoms with E-state index in [1.165, 1.54) is 5.56 Å². The largest absolute Gasteiger partial charge is 0.514 e. The molecule has 0 unspecified atom stereocenters. The first kappa shape index (κ1) is 22.5. The van der Waals surface area contributed by atoms with E-state index in [-0.39, 0.29) is 0 Å². The van der Waals surface area contributed by atoms with Crippen molar-refractivity contribution in [3.05, 3.63) is 29.3 Å². The molecule has 24 heavy (non-hydrogen) atoms. The average Bonchev–Trinajstić information content (AvgIpc) is 2.36. The van der Waals surface area contributed by atoms with Gasteiger partial charge in [-0.15, -0.1) is 0 Å². The highest BCUT2D eigenvalue weighted by molar-refractivity contribution is 5.65. The highest BCUT2D eigenvalue weighted by atomic mass is 16.7. The maximum absolute atomic E-state index is 11.6. The van der Waals surface area contributed by atoms with Crippen LogP contribution >= 0.6 is 0 Å². The van der Waals surface area contributed by atoms with E-state index in [1.807, 2.05) is 39.8 Å². The second-order valence-corrected chi connectivity index (χ2v) is 8.33. The van der Waals surface area contributed by atoms with E-state index in [0.717, 1.165) is 24.3 Å². The first-order valence-corrected chi connectivity index (χ1v) is 8.91. The average molecular weight is 337 g/mol. The summed E-state index contributed by atoms with van der Waals surface area (Å²) < 4.78 is 10.4. The van der Waals surface area contributed by atoms with Crippen molar-refractivity contribution in [2.45, 2.75) is 80.8 Å². The van der Waals surface area contributed by atoms with E-state index in [2.05, 4.69) is 40.7 Å². The molecule has 1 aromatic rings. The molecule has 0 fully saturated rings. The summed E-state index contributed by atoms with van der Waals surface area (Å²) in [7, 11) is 0. The number of carbonyl (C=O) groups excluding carboxylic acids is 1. The molecule has 0 aromatic heterocycles. The molecule has 1 rings (SSSR count). The molecule has 0 saturated heterocycles. The van der Waals surface area contributed by atoms with Gasteiger partial charge < -0.3 is 9.47 Å². The van der Waals surface area contributed by atoms with E-state index in [4.69, 9.17) is 9.47 Å². The summed E-state index contributed by atoms with van der Waals surface area (Å²) in [6, 6.07) is 5.92. The van der Waals surface area contributed by atoms with Crippen LogP contribution in [-0.4, -0.2) is 11.8 Å². The minimum absolute atomic E-state index is 0.539. The van der Waals surface area contributed by atoms with Crippen LogP contribution in [0.2, 0.25) is 0 Å². The standard InChI is InChI=1S/C17H26O3.C4H10/c1-12(2)7-8-14-9-10-15(13(3)11-14)19-16(18)20-17(4,5)6;1-4(2)3/h9-12H,7-8H2,1-6H3;4H,1-3H3. The SMILES string of the molecule is CC(C)C.Cc1cc(CCC(C)C)ccc1OC(=O)OC(C)(C)C. The number of hydrogen-bond acceptors (Lipinski definition) is 3. The zero-order valence-electron chi connectivity index (χ0n) is 17.0. The normalized spacial score (nSPS) is 11.1. The Morgan fingerprint density at radius 2 is 1.62 bits per heavy atom. The van der Waals surface area contributed by atoms with Gasteiger partial charge in [0.1, 0.15) is 11.4 Å². The predicted molar refractivity (Wildman–Crippen MR) is 102 cm³/mol. The second-order valence-electron chi connectivity index (χ2n) is 8.33. The molecule has 0 aliphatic rings. The van der Waals surface area contributed by atoms with Crippen molar-refractivity contribution in [3.63, 3.8) is 0 Å². The summed E-state index contributed by atoms with van der Waals surface area (Å²) in [5, 5.41) is 0. The van der Waals surface area contributed by atoms with E-state index < -0.39 is 11.8 Å². The molecule has 0 aliphatic heterocycles. The van der Waals surface area contributed by atoms with Gasteiger partial charge in [0.05, 0.1) is 0 Å². The lowest BCUT2D eigenvalue weighted by atomic mass is 10.0. The first-order valence-electron chi connectivity index (χ1n) is 8.91. The molecule has 0 heterocycles. The van der Waals surface area contributed by atoms with Gasteiger partial charge in [0, 0.05) is 0 Å². The third kappa shape index (κ3) is 12.0. The molecule has 0 radical (unpaired) electrons. The van der Waals surface area contributed by atoms with Gasteiger partial charge in [0.25, 0.3) is 0 Å². The number of ether oxygens (including phenoxy) is 2.